The number of likely N-dealkylation sites (N-methyl/N-ethyl adjacent to an activating group) is 1. The maximum Gasteiger partial charge on any atom is 0.328 e. The molecule has 7 heteroatoms. The number of hydrogen-bond acceptors (Lipinski definition) is 4. The molecule has 7 nitrogen and oxygen atoms in total. The molecule has 0 aromatic carbocycles. The number of carboxylic acid groups (broad SMARTS) is 1. The number of carboxylic acids is 1. The van der Waals surface area contributed by atoms with Gasteiger partial charge < -0.3 is 20.5 Å². The summed E-state index contributed by atoms with van der Waals surface area (Å²) in [6, 6.07) is -0.831. The van der Waals surface area contributed by atoms with Crippen molar-refractivity contribution in [3.8, 4) is 0 Å². The van der Waals surface area contributed by atoms with Crippen molar-refractivity contribution in [2.24, 2.45) is 0 Å². The van der Waals surface area contributed by atoms with E-state index in [4.69, 9.17) is 9.84 Å². The monoisotopic (exact) mass is 273 g/mol. The Morgan fingerprint density at radius 2 is 2.16 bits per heavy atom. The van der Waals surface area contributed by atoms with Crippen LogP contribution in [-0.4, -0.2) is 67.4 Å². The largest absolute Gasteiger partial charge is 0.480 e. The fourth-order valence-corrected chi connectivity index (χ4v) is 1.90. The highest BCUT2D eigenvalue weighted by atomic mass is 16.5. The molecule has 0 radical (unpaired) electrons. The third kappa shape index (κ3) is 5.89. The van der Waals surface area contributed by atoms with E-state index in [1.807, 2.05) is 0 Å². The molecule has 110 valence electrons. The van der Waals surface area contributed by atoms with Crippen LogP contribution in [0, 0.1) is 0 Å². The highest BCUT2D eigenvalue weighted by Crippen LogP contribution is 2.25. The first-order valence-electron chi connectivity index (χ1n) is 6.58. The third-order valence-electron chi connectivity index (χ3n) is 3.09. The van der Waals surface area contributed by atoms with Crippen LogP contribution in [0.3, 0.4) is 0 Å². The van der Waals surface area contributed by atoms with Crippen molar-refractivity contribution in [3.63, 3.8) is 0 Å². The van der Waals surface area contributed by atoms with Gasteiger partial charge in [-0.3, -0.25) is 4.90 Å². The SMILES string of the molecule is CCN(CCNC(=O)NC(COC)C(=O)O)C1CC1. The van der Waals surface area contributed by atoms with Crippen molar-refractivity contribution < 1.29 is 19.4 Å². The fourth-order valence-electron chi connectivity index (χ4n) is 1.90. The zero-order valence-electron chi connectivity index (χ0n) is 11.5. The van der Waals surface area contributed by atoms with E-state index < -0.39 is 18.0 Å². The normalized spacial score (nSPS) is 16.2. The molecule has 1 fully saturated rings. The molecule has 0 spiro atoms. The summed E-state index contributed by atoms with van der Waals surface area (Å²) >= 11 is 0. The van der Waals surface area contributed by atoms with Gasteiger partial charge >= 0.3 is 12.0 Å². The molecule has 0 heterocycles. The molecule has 1 saturated carbocycles. The number of aliphatic carboxylic acids is 1. The molecule has 0 aromatic rings. The van der Waals surface area contributed by atoms with Crippen LogP contribution in [0.25, 0.3) is 0 Å². The van der Waals surface area contributed by atoms with Gasteiger partial charge in [-0.1, -0.05) is 6.92 Å². The quantitative estimate of drug-likeness (QED) is 0.544. The van der Waals surface area contributed by atoms with Gasteiger partial charge in [0.2, 0.25) is 0 Å². The summed E-state index contributed by atoms with van der Waals surface area (Å²) in [4.78, 5) is 24.7. The molecule has 1 rings (SSSR count). The molecule has 1 aliphatic carbocycles. The van der Waals surface area contributed by atoms with Gasteiger partial charge in [0.05, 0.1) is 6.61 Å². The standard InChI is InChI=1S/C12H23N3O4/c1-3-15(9-4-5-9)7-6-13-12(18)14-10(8-19-2)11(16)17/h9-10H,3-8H2,1-2H3,(H,16,17)(H2,13,14,18). The van der Waals surface area contributed by atoms with Crippen LogP contribution in [0.2, 0.25) is 0 Å². The van der Waals surface area contributed by atoms with E-state index in [9.17, 15) is 9.59 Å². The molecule has 0 saturated heterocycles. The van der Waals surface area contributed by atoms with Crippen LogP contribution < -0.4 is 10.6 Å². The summed E-state index contributed by atoms with van der Waals surface area (Å²) in [5.74, 6) is -1.11. The van der Waals surface area contributed by atoms with Gasteiger partial charge in [0, 0.05) is 26.2 Å². The number of carbonyl (C=O) groups excluding carboxylic acids is 1. The minimum atomic E-state index is -1.11. The van der Waals surface area contributed by atoms with Gasteiger partial charge in [-0.2, -0.15) is 0 Å². The van der Waals surface area contributed by atoms with Crippen LogP contribution in [0.15, 0.2) is 0 Å². The zero-order chi connectivity index (χ0) is 14.3. The number of nitrogens with zero attached hydrogens (tertiary/aromatic N) is 1. The van der Waals surface area contributed by atoms with E-state index in [0.717, 1.165) is 13.1 Å². The molecule has 1 atom stereocenters. The van der Waals surface area contributed by atoms with E-state index >= 15 is 0 Å². The lowest BCUT2D eigenvalue weighted by molar-refractivity contribution is -0.140. The third-order valence-corrected chi connectivity index (χ3v) is 3.09. The van der Waals surface area contributed by atoms with E-state index in [2.05, 4.69) is 22.5 Å². The van der Waals surface area contributed by atoms with Crippen LogP contribution in [0.5, 0.6) is 0 Å². The van der Waals surface area contributed by atoms with Gasteiger partial charge in [-0.15, -0.1) is 0 Å². The Morgan fingerprint density at radius 1 is 1.47 bits per heavy atom. The number of ether oxygens (including phenoxy) is 1. The minimum absolute atomic E-state index is 0.0497. The number of amides is 2. The molecule has 0 bridgehead atoms. The van der Waals surface area contributed by atoms with Crippen LogP contribution in [-0.2, 0) is 9.53 Å². The van der Waals surface area contributed by atoms with Gasteiger partial charge in [0.15, 0.2) is 6.04 Å². The van der Waals surface area contributed by atoms with E-state index in [1.165, 1.54) is 20.0 Å². The first-order valence-corrected chi connectivity index (χ1v) is 6.58. The molecule has 2 amide bonds. The van der Waals surface area contributed by atoms with Gasteiger partial charge in [0.1, 0.15) is 0 Å². The maximum absolute atomic E-state index is 11.5. The van der Waals surface area contributed by atoms with Crippen molar-refractivity contribution in [1.29, 1.82) is 0 Å². The van der Waals surface area contributed by atoms with Crippen LogP contribution in [0.1, 0.15) is 19.8 Å². The lowest BCUT2D eigenvalue weighted by Crippen LogP contribution is -2.49. The Labute approximate surface area is 113 Å². The lowest BCUT2D eigenvalue weighted by atomic mass is 10.3. The first-order chi connectivity index (χ1) is 9.08. The highest BCUT2D eigenvalue weighted by molar-refractivity contribution is 5.82. The molecule has 0 aliphatic heterocycles. The topological polar surface area (TPSA) is 90.9 Å². The fraction of sp³-hybridized carbons (Fsp3) is 0.833. The van der Waals surface area contributed by atoms with Crippen molar-refractivity contribution in [3.05, 3.63) is 0 Å². The number of urea groups is 1. The number of rotatable bonds is 9. The van der Waals surface area contributed by atoms with Gasteiger partial charge in [-0.25, -0.2) is 9.59 Å². The summed E-state index contributed by atoms with van der Waals surface area (Å²) in [6.45, 7) is 4.31. The molecule has 0 aromatic heterocycles. The maximum atomic E-state index is 11.5. The van der Waals surface area contributed by atoms with Gasteiger partial charge in [0.25, 0.3) is 0 Å². The second kappa shape index (κ2) is 7.96. The Hall–Kier alpha value is -1.34. The Bertz CT molecular complexity index is 307. The average molecular weight is 273 g/mol. The second-order valence-corrected chi connectivity index (χ2v) is 4.61. The number of methoxy groups -OCH3 is 1. The summed E-state index contributed by atoms with van der Waals surface area (Å²) in [5, 5.41) is 13.9. The van der Waals surface area contributed by atoms with Crippen LogP contribution in [0.4, 0.5) is 4.79 Å². The molecule has 19 heavy (non-hydrogen) atoms. The summed E-state index contributed by atoms with van der Waals surface area (Å²) in [6.07, 6.45) is 2.46. The number of nitrogens with one attached hydrogen (secondary N) is 2. The van der Waals surface area contributed by atoms with Crippen molar-refractivity contribution >= 4 is 12.0 Å². The number of carbonyl (C=O) groups is 2. The summed E-state index contributed by atoms with van der Waals surface area (Å²) in [7, 11) is 1.39. The van der Waals surface area contributed by atoms with E-state index in [0.29, 0.717) is 12.6 Å². The minimum Gasteiger partial charge on any atom is -0.480 e. The molecule has 1 unspecified atom stereocenters. The first kappa shape index (κ1) is 15.7. The van der Waals surface area contributed by atoms with Crippen LogP contribution >= 0.6 is 0 Å². The molecular weight excluding hydrogens is 250 g/mol. The molecule has 3 N–H and O–H groups in total. The van der Waals surface area contributed by atoms with Crippen molar-refractivity contribution in [2.45, 2.75) is 31.8 Å². The van der Waals surface area contributed by atoms with E-state index in [-0.39, 0.29) is 6.61 Å². The Morgan fingerprint density at radius 3 is 2.63 bits per heavy atom. The summed E-state index contributed by atoms with van der Waals surface area (Å²) in [5.41, 5.74) is 0. The number of hydrogen-bond donors (Lipinski definition) is 3. The van der Waals surface area contributed by atoms with E-state index in [1.54, 1.807) is 0 Å². The molecule has 1 aliphatic rings. The van der Waals surface area contributed by atoms with Crippen molar-refractivity contribution in [1.82, 2.24) is 15.5 Å². The zero-order valence-corrected chi connectivity index (χ0v) is 11.5. The van der Waals surface area contributed by atoms with Gasteiger partial charge in [-0.05, 0) is 19.4 Å². The summed E-state index contributed by atoms with van der Waals surface area (Å²) < 4.78 is 4.73. The predicted octanol–water partition coefficient (Wildman–Crippen LogP) is -0.130. The Kier molecular flexibility index (Phi) is 6.58. The predicted molar refractivity (Wildman–Crippen MR) is 70.1 cm³/mol. The lowest BCUT2D eigenvalue weighted by Gasteiger charge is -2.20. The molecular formula is C12H23N3O4. The average Bonchev–Trinajstić information content (AvgIpc) is 3.18. The van der Waals surface area contributed by atoms with Crippen molar-refractivity contribution in [2.75, 3.05) is 33.4 Å². The Balaban J connectivity index is 2.20. The second-order valence-electron chi connectivity index (χ2n) is 4.61. The smallest absolute Gasteiger partial charge is 0.328 e. The highest BCUT2D eigenvalue weighted by Gasteiger charge is 2.27.